The van der Waals surface area contributed by atoms with Crippen molar-refractivity contribution in [1.82, 2.24) is 34.4 Å². The Morgan fingerprint density at radius 2 is 1.52 bits per heavy atom. The molecule has 0 unspecified atom stereocenters. The third-order valence-electron chi connectivity index (χ3n) is 5.23. The minimum absolute atomic E-state index is 0.0257. The fourth-order valence-corrected chi connectivity index (χ4v) is 3.46. The molecule has 3 aromatic heterocycles. The highest BCUT2D eigenvalue weighted by Gasteiger charge is 2.32. The van der Waals surface area contributed by atoms with Crippen LogP contribution >= 0.6 is 0 Å². The van der Waals surface area contributed by atoms with Gasteiger partial charge in [0, 0.05) is 68.2 Å². The number of carbonyl (C=O) groups is 1. The van der Waals surface area contributed by atoms with E-state index in [1.54, 1.807) is 46.9 Å². The lowest BCUT2D eigenvalue weighted by atomic mass is 10.0. The zero-order valence-electron chi connectivity index (χ0n) is 18.3. The van der Waals surface area contributed by atoms with Crippen LogP contribution in [0.25, 0.3) is 33.6 Å². The van der Waals surface area contributed by atoms with Crippen molar-refractivity contribution in [2.45, 2.75) is 19.4 Å². The molecule has 4 aromatic rings. The summed E-state index contributed by atoms with van der Waals surface area (Å²) < 4.78 is 3.46. The second-order valence-electron chi connectivity index (χ2n) is 8.21. The van der Waals surface area contributed by atoms with Gasteiger partial charge in [0.2, 0.25) is 5.91 Å². The molecule has 0 fully saturated rings. The molecule has 158 valence electrons. The number of aryl methyl sites for hydroxylation is 1. The van der Waals surface area contributed by atoms with Crippen LogP contribution < -0.4 is 0 Å². The Morgan fingerprint density at radius 3 is 2.16 bits per heavy atom. The van der Waals surface area contributed by atoms with E-state index in [1.165, 1.54) is 0 Å². The molecule has 1 amide bonds. The Labute approximate surface area is 181 Å². The summed E-state index contributed by atoms with van der Waals surface area (Å²) in [6, 6.07) is 8.07. The third kappa shape index (κ3) is 3.96. The van der Waals surface area contributed by atoms with Crippen molar-refractivity contribution in [2.75, 3.05) is 14.1 Å². The van der Waals surface area contributed by atoms with E-state index in [4.69, 9.17) is 0 Å². The van der Waals surface area contributed by atoms with Crippen LogP contribution in [0.4, 0.5) is 0 Å². The standard InChI is InChI=1S/C23H25N7O/c1-23(2,22(31)28(3)4)30-15-20(13-27-30)18-10-24-21(25-11-18)17-8-6-7-16(9-17)19-12-26-29(5)14-19/h6-15H,1-5H3. The smallest absolute Gasteiger partial charge is 0.249 e. The number of rotatable bonds is 5. The van der Waals surface area contributed by atoms with Crippen molar-refractivity contribution in [3.05, 3.63) is 61.4 Å². The molecule has 0 atom stereocenters. The van der Waals surface area contributed by atoms with Crippen LogP contribution in [-0.2, 0) is 17.4 Å². The first-order valence-corrected chi connectivity index (χ1v) is 9.94. The molecule has 0 aliphatic carbocycles. The largest absolute Gasteiger partial charge is 0.347 e. The quantitative estimate of drug-likeness (QED) is 0.500. The predicted octanol–water partition coefficient (Wildman–Crippen LogP) is 3.23. The summed E-state index contributed by atoms with van der Waals surface area (Å²) in [6.45, 7) is 3.70. The summed E-state index contributed by atoms with van der Waals surface area (Å²) in [7, 11) is 5.38. The Balaban J connectivity index is 1.59. The topological polar surface area (TPSA) is 81.7 Å². The molecule has 0 saturated carbocycles. The molecule has 8 nitrogen and oxygen atoms in total. The van der Waals surface area contributed by atoms with Gasteiger partial charge in [-0.25, -0.2) is 9.97 Å². The van der Waals surface area contributed by atoms with Gasteiger partial charge in [0.15, 0.2) is 5.82 Å². The maximum atomic E-state index is 12.5. The van der Waals surface area contributed by atoms with E-state index in [0.29, 0.717) is 5.82 Å². The zero-order chi connectivity index (χ0) is 22.2. The van der Waals surface area contributed by atoms with Crippen LogP contribution in [0.3, 0.4) is 0 Å². The van der Waals surface area contributed by atoms with Crippen LogP contribution in [0.2, 0.25) is 0 Å². The van der Waals surface area contributed by atoms with Crippen molar-refractivity contribution in [1.29, 1.82) is 0 Å². The molecule has 0 radical (unpaired) electrons. The summed E-state index contributed by atoms with van der Waals surface area (Å²) in [6.07, 6.45) is 10.9. The average molecular weight is 416 g/mol. The zero-order valence-corrected chi connectivity index (χ0v) is 18.3. The molecule has 1 aromatic carbocycles. The number of hydrogen-bond donors (Lipinski definition) is 0. The van der Waals surface area contributed by atoms with Crippen molar-refractivity contribution < 1.29 is 4.79 Å². The van der Waals surface area contributed by atoms with Gasteiger partial charge in [-0.3, -0.25) is 14.2 Å². The lowest BCUT2D eigenvalue weighted by Gasteiger charge is -2.27. The monoisotopic (exact) mass is 415 g/mol. The van der Waals surface area contributed by atoms with Gasteiger partial charge < -0.3 is 4.90 Å². The van der Waals surface area contributed by atoms with E-state index < -0.39 is 5.54 Å². The van der Waals surface area contributed by atoms with E-state index in [0.717, 1.165) is 27.8 Å². The van der Waals surface area contributed by atoms with Gasteiger partial charge in [-0.1, -0.05) is 18.2 Å². The lowest BCUT2D eigenvalue weighted by molar-refractivity contribution is -0.137. The molecule has 0 saturated heterocycles. The predicted molar refractivity (Wildman–Crippen MR) is 119 cm³/mol. The first kappa shape index (κ1) is 20.5. The molecular weight excluding hydrogens is 390 g/mol. The molecular formula is C23H25N7O. The van der Waals surface area contributed by atoms with Crippen molar-refractivity contribution in [3.8, 4) is 33.6 Å². The summed E-state index contributed by atoms with van der Waals surface area (Å²) >= 11 is 0. The van der Waals surface area contributed by atoms with E-state index in [-0.39, 0.29) is 5.91 Å². The number of benzene rings is 1. The number of nitrogens with zero attached hydrogens (tertiary/aromatic N) is 7. The van der Waals surface area contributed by atoms with Crippen molar-refractivity contribution >= 4 is 5.91 Å². The minimum atomic E-state index is -0.782. The Morgan fingerprint density at radius 1 is 0.871 bits per heavy atom. The number of aromatic nitrogens is 6. The Hall–Kier alpha value is -3.81. The van der Waals surface area contributed by atoms with Crippen LogP contribution in [0, 0.1) is 0 Å². The van der Waals surface area contributed by atoms with E-state index in [1.807, 2.05) is 57.7 Å². The molecule has 8 heteroatoms. The molecule has 0 N–H and O–H groups in total. The summed E-state index contributed by atoms with van der Waals surface area (Å²) in [5, 5.41) is 8.64. The fraction of sp³-hybridized carbons (Fsp3) is 0.261. The van der Waals surface area contributed by atoms with E-state index in [2.05, 4.69) is 26.2 Å². The third-order valence-corrected chi connectivity index (χ3v) is 5.23. The maximum absolute atomic E-state index is 12.5. The number of hydrogen-bond acceptors (Lipinski definition) is 5. The van der Waals surface area contributed by atoms with Gasteiger partial charge in [0.1, 0.15) is 5.54 Å². The van der Waals surface area contributed by atoms with Gasteiger partial charge in [0.05, 0.1) is 12.4 Å². The summed E-state index contributed by atoms with van der Waals surface area (Å²) in [5.41, 5.74) is 3.95. The van der Waals surface area contributed by atoms with Gasteiger partial charge in [-0.15, -0.1) is 0 Å². The second kappa shape index (κ2) is 7.79. The van der Waals surface area contributed by atoms with Gasteiger partial charge in [-0.2, -0.15) is 10.2 Å². The van der Waals surface area contributed by atoms with Crippen LogP contribution in [-0.4, -0.2) is 54.4 Å². The van der Waals surface area contributed by atoms with Gasteiger partial charge in [0.25, 0.3) is 0 Å². The van der Waals surface area contributed by atoms with Crippen molar-refractivity contribution in [3.63, 3.8) is 0 Å². The molecule has 4 rings (SSSR count). The van der Waals surface area contributed by atoms with E-state index >= 15 is 0 Å². The number of likely N-dealkylation sites (N-methyl/N-ethyl adjacent to an activating group) is 1. The Kier molecular flexibility index (Phi) is 5.14. The van der Waals surface area contributed by atoms with Crippen LogP contribution in [0.5, 0.6) is 0 Å². The number of amides is 1. The normalized spacial score (nSPS) is 11.5. The van der Waals surface area contributed by atoms with Crippen LogP contribution in [0.15, 0.2) is 61.4 Å². The maximum Gasteiger partial charge on any atom is 0.249 e. The lowest BCUT2D eigenvalue weighted by Crippen LogP contribution is -2.44. The molecule has 3 heterocycles. The SMILES string of the molecule is CN(C)C(=O)C(C)(C)n1cc(-c2cnc(-c3cccc(-c4cnn(C)c4)c3)nc2)cn1. The summed E-state index contributed by atoms with van der Waals surface area (Å²) in [4.78, 5) is 23.2. The highest BCUT2D eigenvalue weighted by molar-refractivity contribution is 5.83. The first-order chi connectivity index (χ1) is 14.8. The average Bonchev–Trinajstić information content (AvgIpc) is 3.43. The second-order valence-corrected chi connectivity index (χ2v) is 8.21. The highest BCUT2D eigenvalue weighted by atomic mass is 16.2. The van der Waals surface area contributed by atoms with Crippen molar-refractivity contribution in [2.24, 2.45) is 7.05 Å². The fourth-order valence-electron chi connectivity index (χ4n) is 3.46. The Bertz CT molecular complexity index is 1220. The molecule has 0 spiro atoms. The van der Waals surface area contributed by atoms with Gasteiger partial charge in [-0.05, 0) is 25.5 Å². The highest BCUT2D eigenvalue weighted by Crippen LogP contribution is 2.26. The summed E-state index contributed by atoms with van der Waals surface area (Å²) in [5.74, 6) is 0.618. The van der Waals surface area contributed by atoms with Gasteiger partial charge >= 0.3 is 0 Å². The molecule has 0 aliphatic heterocycles. The molecule has 31 heavy (non-hydrogen) atoms. The van der Waals surface area contributed by atoms with Crippen LogP contribution in [0.1, 0.15) is 13.8 Å². The number of carbonyl (C=O) groups excluding carboxylic acids is 1. The van der Waals surface area contributed by atoms with E-state index in [9.17, 15) is 4.79 Å². The molecule has 0 aliphatic rings. The molecule has 0 bridgehead atoms. The first-order valence-electron chi connectivity index (χ1n) is 9.94. The minimum Gasteiger partial charge on any atom is -0.347 e.